The van der Waals surface area contributed by atoms with Crippen molar-refractivity contribution in [3.63, 3.8) is 0 Å². The molecule has 1 aromatic carbocycles. The highest BCUT2D eigenvalue weighted by Crippen LogP contribution is 2.18. The molecule has 0 unspecified atom stereocenters. The first-order chi connectivity index (χ1) is 12.6. The van der Waals surface area contributed by atoms with Crippen LogP contribution < -0.4 is 10.1 Å². The molecule has 0 radical (unpaired) electrons. The van der Waals surface area contributed by atoms with Crippen LogP contribution in [0.2, 0.25) is 0 Å². The lowest BCUT2D eigenvalue weighted by molar-refractivity contribution is 0.0919. The van der Waals surface area contributed by atoms with Gasteiger partial charge in [-0.2, -0.15) is 5.10 Å². The Kier molecular flexibility index (Phi) is 5.78. The first-order valence-corrected chi connectivity index (χ1v) is 9.12. The molecular formula is C19H20BrN3O3. The number of rotatable bonds is 7. The Bertz CT molecular complexity index is 884. The molecular weight excluding hydrogens is 398 g/mol. The molecule has 0 fully saturated rings. The number of furan rings is 1. The highest BCUT2D eigenvalue weighted by atomic mass is 79.9. The van der Waals surface area contributed by atoms with E-state index in [-0.39, 0.29) is 18.3 Å². The number of nitrogens with one attached hydrogen (secondary N) is 1. The molecule has 2 aromatic heterocycles. The number of halogens is 1. The van der Waals surface area contributed by atoms with Crippen molar-refractivity contribution in [1.82, 2.24) is 15.1 Å². The zero-order valence-corrected chi connectivity index (χ0v) is 16.2. The van der Waals surface area contributed by atoms with Gasteiger partial charge in [-0.3, -0.25) is 9.48 Å². The molecule has 0 aliphatic rings. The third-order valence-corrected chi connectivity index (χ3v) is 4.55. The number of aromatic nitrogens is 2. The molecule has 1 N–H and O–H groups in total. The maximum atomic E-state index is 12.3. The molecule has 0 saturated carbocycles. The summed E-state index contributed by atoms with van der Waals surface area (Å²) in [6.45, 7) is 5.50. The largest absolute Gasteiger partial charge is 0.486 e. The van der Waals surface area contributed by atoms with Gasteiger partial charge >= 0.3 is 0 Å². The number of hydrogen-bond donors (Lipinski definition) is 1. The van der Waals surface area contributed by atoms with Crippen LogP contribution in [0.4, 0.5) is 0 Å². The predicted molar refractivity (Wildman–Crippen MR) is 101 cm³/mol. The second-order valence-electron chi connectivity index (χ2n) is 5.76. The molecule has 0 atom stereocenters. The number of carbonyl (C=O) groups excluding carboxylic acids is 1. The first-order valence-electron chi connectivity index (χ1n) is 8.33. The Labute approximate surface area is 160 Å². The van der Waals surface area contributed by atoms with Gasteiger partial charge in [-0.25, -0.2) is 0 Å². The highest BCUT2D eigenvalue weighted by molar-refractivity contribution is 9.10. The van der Waals surface area contributed by atoms with Crippen LogP contribution in [0, 0.1) is 6.92 Å². The average Bonchev–Trinajstić information content (AvgIpc) is 3.26. The number of benzene rings is 1. The number of ether oxygens (including phenoxy) is 1. The van der Waals surface area contributed by atoms with Gasteiger partial charge in [0, 0.05) is 28.8 Å². The molecule has 3 aromatic rings. The van der Waals surface area contributed by atoms with Gasteiger partial charge in [0.05, 0.1) is 6.20 Å². The Morgan fingerprint density at radius 1 is 1.27 bits per heavy atom. The van der Waals surface area contributed by atoms with E-state index < -0.39 is 0 Å². The van der Waals surface area contributed by atoms with Gasteiger partial charge < -0.3 is 14.5 Å². The molecule has 26 heavy (non-hydrogen) atoms. The van der Waals surface area contributed by atoms with Crippen molar-refractivity contribution in [3.05, 3.63) is 69.8 Å². The van der Waals surface area contributed by atoms with Crippen molar-refractivity contribution >= 4 is 21.8 Å². The average molecular weight is 418 g/mol. The second kappa shape index (κ2) is 8.23. The van der Waals surface area contributed by atoms with Crippen molar-refractivity contribution in [2.24, 2.45) is 0 Å². The minimum atomic E-state index is -0.261. The molecule has 0 bridgehead atoms. The number of amides is 1. The summed E-state index contributed by atoms with van der Waals surface area (Å²) in [5, 5.41) is 7.12. The van der Waals surface area contributed by atoms with Gasteiger partial charge in [0.15, 0.2) is 5.76 Å². The van der Waals surface area contributed by atoms with Crippen LogP contribution in [0.25, 0.3) is 0 Å². The van der Waals surface area contributed by atoms with Gasteiger partial charge in [-0.05, 0) is 50.2 Å². The normalized spacial score (nSPS) is 10.7. The fourth-order valence-electron chi connectivity index (χ4n) is 2.50. The van der Waals surface area contributed by atoms with Crippen LogP contribution in [0.1, 0.15) is 34.5 Å². The van der Waals surface area contributed by atoms with E-state index in [1.54, 1.807) is 18.3 Å². The summed E-state index contributed by atoms with van der Waals surface area (Å²) >= 11 is 3.38. The summed E-state index contributed by atoms with van der Waals surface area (Å²) < 4.78 is 14.1. The fourth-order valence-corrected chi connectivity index (χ4v) is 2.77. The molecule has 1 amide bonds. The number of nitrogens with zero attached hydrogens (tertiary/aromatic N) is 2. The summed E-state index contributed by atoms with van der Waals surface area (Å²) in [5.74, 6) is 1.33. The zero-order chi connectivity index (χ0) is 18.5. The van der Waals surface area contributed by atoms with Crippen LogP contribution in [0.15, 0.2) is 51.5 Å². The van der Waals surface area contributed by atoms with Crippen molar-refractivity contribution < 1.29 is 13.9 Å². The van der Waals surface area contributed by atoms with E-state index >= 15 is 0 Å². The van der Waals surface area contributed by atoms with Crippen LogP contribution in [0.5, 0.6) is 5.75 Å². The third kappa shape index (κ3) is 4.35. The fraction of sp³-hybridized carbons (Fsp3) is 0.263. The molecule has 0 aliphatic heterocycles. The summed E-state index contributed by atoms with van der Waals surface area (Å²) in [4.78, 5) is 12.3. The summed E-state index contributed by atoms with van der Waals surface area (Å²) in [6, 6.07) is 10.9. The van der Waals surface area contributed by atoms with E-state index in [1.807, 2.05) is 42.8 Å². The summed E-state index contributed by atoms with van der Waals surface area (Å²) in [7, 11) is 0. The molecule has 0 saturated heterocycles. The molecule has 136 valence electrons. The van der Waals surface area contributed by atoms with Crippen molar-refractivity contribution in [1.29, 1.82) is 0 Å². The molecule has 0 aliphatic carbocycles. The zero-order valence-electron chi connectivity index (χ0n) is 14.7. The Morgan fingerprint density at radius 2 is 2.04 bits per heavy atom. The predicted octanol–water partition coefficient (Wildman–Crippen LogP) is 4.08. The number of hydrogen-bond acceptors (Lipinski definition) is 4. The first kappa shape index (κ1) is 18.3. The topological polar surface area (TPSA) is 69.3 Å². The van der Waals surface area contributed by atoms with Gasteiger partial charge in [-0.15, -0.1) is 0 Å². The minimum Gasteiger partial charge on any atom is -0.486 e. The standard InChI is InChI=1S/C19H20BrN3O3/c1-3-23-13(2)14(11-22-23)10-21-19(24)18-9-8-17(26-18)12-25-16-6-4-15(20)5-7-16/h4-9,11H,3,10,12H2,1-2H3,(H,21,24). The molecule has 6 nitrogen and oxygen atoms in total. The Morgan fingerprint density at radius 3 is 2.73 bits per heavy atom. The summed E-state index contributed by atoms with van der Waals surface area (Å²) in [5.41, 5.74) is 2.04. The van der Waals surface area contributed by atoms with Crippen LogP contribution in [-0.4, -0.2) is 15.7 Å². The second-order valence-corrected chi connectivity index (χ2v) is 6.68. The smallest absolute Gasteiger partial charge is 0.287 e. The van der Waals surface area contributed by atoms with Gasteiger partial charge in [0.25, 0.3) is 5.91 Å². The minimum absolute atomic E-state index is 0.261. The van der Waals surface area contributed by atoms with Crippen LogP contribution >= 0.6 is 15.9 Å². The van der Waals surface area contributed by atoms with Crippen molar-refractivity contribution in [3.8, 4) is 5.75 Å². The van der Waals surface area contributed by atoms with E-state index in [0.717, 1.165) is 28.0 Å². The maximum absolute atomic E-state index is 12.3. The molecule has 3 rings (SSSR count). The quantitative estimate of drug-likeness (QED) is 0.628. The molecule has 7 heteroatoms. The number of aryl methyl sites for hydroxylation is 1. The van der Waals surface area contributed by atoms with Gasteiger partial charge in [-0.1, -0.05) is 15.9 Å². The maximum Gasteiger partial charge on any atom is 0.287 e. The van der Waals surface area contributed by atoms with E-state index in [0.29, 0.717) is 12.3 Å². The summed E-state index contributed by atoms with van der Waals surface area (Å²) in [6.07, 6.45) is 1.78. The lowest BCUT2D eigenvalue weighted by atomic mass is 10.2. The van der Waals surface area contributed by atoms with Gasteiger partial charge in [0.2, 0.25) is 0 Å². The Balaban J connectivity index is 1.54. The number of carbonyl (C=O) groups is 1. The van der Waals surface area contributed by atoms with Gasteiger partial charge in [0.1, 0.15) is 18.1 Å². The lowest BCUT2D eigenvalue weighted by Gasteiger charge is -2.05. The van der Waals surface area contributed by atoms with E-state index in [9.17, 15) is 4.79 Å². The highest BCUT2D eigenvalue weighted by Gasteiger charge is 2.13. The third-order valence-electron chi connectivity index (χ3n) is 4.02. The van der Waals surface area contributed by atoms with E-state index in [2.05, 4.69) is 26.3 Å². The van der Waals surface area contributed by atoms with Crippen LogP contribution in [-0.2, 0) is 19.7 Å². The van der Waals surface area contributed by atoms with Crippen molar-refractivity contribution in [2.75, 3.05) is 0 Å². The van der Waals surface area contributed by atoms with E-state index in [1.165, 1.54) is 0 Å². The monoisotopic (exact) mass is 417 g/mol. The lowest BCUT2D eigenvalue weighted by Crippen LogP contribution is -2.22. The molecule has 2 heterocycles. The van der Waals surface area contributed by atoms with E-state index in [4.69, 9.17) is 9.15 Å². The van der Waals surface area contributed by atoms with Crippen molar-refractivity contribution in [2.45, 2.75) is 33.5 Å². The van der Waals surface area contributed by atoms with Crippen LogP contribution in [0.3, 0.4) is 0 Å². The SMILES string of the molecule is CCn1ncc(CNC(=O)c2ccc(COc3ccc(Br)cc3)o2)c1C. The molecule has 0 spiro atoms. The Hall–Kier alpha value is -2.54.